The summed E-state index contributed by atoms with van der Waals surface area (Å²) in [4.78, 5) is 0. The van der Waals surface area contributed by atoms with Crippen molar-refractivity contribution in [2.24, 2.45) is 0 Å². The van der Waals surface area contributed by atoms with E-state index >= 15 is 0 Å². The SMILES string of the molecule is O=S(=O)(O)C(F)(F)F.[Cu+]. The van der Waals surface area contributed by atoms with Crippen LogP contribution in [0.2, 0.25) is 0 Å². The first kappa shape index (κ1) is 12.0. The van der Waals surface area contributed by atoms with Gasteiger partial charge in [0, 0.05) is 0 Å². The standard InChI is InChI=1S/CHF3O3S.Cu/c2-1(3,4)8(5,6)7;/h(H,5,6,7);/q;+1. The summed E-state index contributed by atoms with van der Waals surface area (Å²) in [7, 11) is -5.84. The molecule has 0 fully saturated rings. The number of alkyl halides is 3. The quantitative estimate of drug-likeness (QED) is 0.360. The van der Waals surface area contributed by atoms with E-state index in [0.29, 0.717) is 0 Å². The number of hydrogen-bond donors (Lipinski definition) is 1. The number of halogens is 3. The van der Waals surface area contributed by atoms with Crippen molar-refractivity contribution < 1.29 is 43.2 Å². The van der Waals surface area contributed by atoms with Crippen molar-refractivity contribution in [1.82, 2.24) is 0 Å². The molecular weight excluding hydrogens is 213 g/mol. The van der Waals surface area contributed by atoms with Gasteiger partial charge in [-0.15, -0.1) is 0 Å². The Balaban J connectivity index is 0. The second kappa shape index (κ2) is 2.87. The van der Waals surface area contributed by atoms with E-state index in [1.54, 1.807) is 0 Å². The molecule has 1 N–H and O–H groups in total. The third-order valence-electron chi connectivity index (χ3n) is 0.292. The summed E-state index contributed by atoms with van der Waals surface area (Å²) in [6.45, 7) is 0. The second-order valence-electron chi connectivity index (χ2n) is 0.921. The molecule has 60 valence electrons. The van der Waals surface area contributed by atoms with Crippen LogP contribution in [0.4, 0.5) is 13.2 Å². The van der Waals surface area contributed by atoms with Gasteiger partial charge in [-0.1, -0.05) is 0 Å². The molecule has 0 aromatic rings. The third kappa shape index (κ3) is 3.74. The Morgan fingerprint density at radius 3 is 1.33 bits per heavy atom. The van der Waals surface area contributed by atoms with Gasteiger partial charge in [0.15, 0.2) is 0 Å². The second-order valence-corrected chi connectivity index (χ2v) is 2.33. The summed E-state index contributed by atoms with van der Waals surface area (Å²) in [5.41, 5.74) is -5.53. The molecular formula is CHCuF3O3S+. The van der Waals surface area contributed by atoms with Crippen molar-refractivity contribution >= 4 is 10.1 Å². The van der Waals surface area contributed by atoms with Gasteiger partial charge in [-0.2, -0.15) is 21.6 Å². The fourth-order valence-electron chi connectivity index (χ4n) is 0. The van der Waals surface area contributed by atoms with Crippen LogP contribution in [0.25, 0.3) is 0 Å². The average molecular weight is 214 g/mol. The predicted molar refractivity (Wildman–Crippen MR) is 17.6 cm³/mol. The van der Waals surface area contributed by atoms with Gasteiger partial charge in [0.1, 0.15) is 0 Å². The van der Waals surface area contributed by atoms with Crippen LogP contribution in [0.15, 0.2) is 0 Å². The van der Waals surface area contributed by atoms with Crippen molar-refractivity contribution in [2.75, 3.05) is 0 Å². The summed E-state index contributed by atoms with van der Waals surface area (Å²) in [6, 6.07) is 0. The fraction of sp³-hybridized carbons (Fsp3) is 1.00. The molecule has 0 atom stereocenters. The molecule has 0 saturated carbocycles. The monoisotopic (exact) mass is 213 g/mol. The van der Waals surface area contributed by atoms with Crippen LogP contribution in [0.3, 0.4) is 0 Å². The van der Waals surface area contributed by atoms with Crippen LogP contribution in [-0.2, 0) is 27.2 Å². The molecule has 3 nitrogen and oxygen atoms in total. The van der Waals surface area contributed by atoms with Gasteiger partial charge in [0.05, 0.1) is 0 Å². The third-order valence-corrected chi connectivity index (χ3v) is 0.877. The van der Waals surface area contributed by atoms with Gasteiger partial charge in [-0.3, -0.25) is 4.55 Å². The minimum absolute atomic E-state index is 0. The van der Waals surface area contributed by atoms with Crippen molar-refractivity contribution in [3.05, 3.63) is 0 Å². The van der Waals surface area contributed by atoms with E-state index in [2.05, 4.69) is 0 Å². The first-order chi connectivity index (χ1) is 3.25. The predicted octanol–water partition coefficient (Wildman–Crippen LogP) is 0.392. The first-order valence-electron chi connectivity index (χ1n) is 1.29. The Morgan fingerprint density at radius 1 is 1.22 bits per heavy atom. The number of hydrogen-bond acceptors (Lipinski definition) is 2. The van der Waals surface area contributed by atoms with Crippen molar-refractivity contribution in [1.29, 1.82) is 0 Å². The van der Waals surface area contributed by atoms with Crippen LogP contribution in [0.5, 0.6) is 0 Å². The van der Waals surface area contributed by atoms with E-state index < -0.39 is 15.6 Å². The Morgan fingerprint density at radius 2 is 1.33 bits per heavy atom. The Labute approximate surface area is 59.5 Å². The summed E-state index contributed by atoms with van der Waals surface area (Å²) < 4.78 is 57.5. The topological polar surface area (TPSA) is 54.4 Å². The van der Waals surface area contributed by atoms with Crippen LogP contribution >= 0.6 is 0 Å². The average Bonchev–Trinajstić information content (AvgIpc) is 1.25. The van der Waals surface area contributed by atoms with Gasteiger partial charge >= 0.3 is 32.7 Å². The molecule has 0 aliphatic carbocycles. The molecule has 0 aliphatic heterocycles. The van der Waals surface area contributed by atoms with Gasteiger partial charge in [0.2, 0.25) is 0 Å². The van der Waals surface area contributed by atoms with Crippen molar-refractivity contribution in [3.8, 4) is 0 Å². The Bertz CT molecular complexity index is 168. The fourth-order valence-corrected chi connectivity index (χ4v) is 0. The Hall–Kier alpha value is 0.219. The molecule has 9 heavy (non-hydrogen) atoms. The summed E-state index contributed by atoms with van der Waals surface area (Å²) in [5.74, 6) is 0. The maximum atomic E-state index is 10.7. The van der Waals surface area contributed by atoms with Crippen LogP contribution in [-0.4, -0.2) is 18.5 Å². The van der Waals surface area contributed by atoms with Gasteiger partial charge in [0.25, 0.3) is 0 Å². The molecule has 0 bridgehead atoms. The first-order valence-corrected chi connectivity index (χ1v) is 2.73. The van der Waals surface area contributed by atoms with E-state index in [4.69, 9.17) is 13.0 Å². The molecule has 8 heteroatoms. The van der Waals surface area contributed by atoms with Gasteiger partial charge < -0.3 is 0 Å². The van der Waals surface area contributed by atoms with E-state index in [0.717, 1.165) is 0 Å². The molecule has 0 aliphatic rings. The normalized spacial score (nSPS) is 12.4. The number of rotatable bonds is 0. The molecule has 0 saturated heterocycles. The largest absolute Gasteiger partial charge is 1.00 e. The summed E-state index contributed by atoms with van der Waals surface area (Å²) in [5, 5.41) is 0. The van der Waals surface area contributed by atoms with E-state index in [9.17, 15) is 13.2 Å². The summed E-state index contributed by atoms with van der Waals surface area (Å²) >= 11 is 0. The molecule has 0 aromatic heterocycles. The minimum Gasteiger partial charge on any atom is -0.279 e. The maximum Gasteiger partial charge on any atom is 1.00 e. The van der Waals surface area contributed by atoms with E-state index in [1.165, 1.54) is 0 Å². The minimum atomic E-state index is -5.84. The molecule has 0 spiro atoms. The zero-order valence-electron chi connectivity index (χ0n) is 3.61. The molecule has 0 radical (unpaired) electrons. The van der Waals surface area contributed by atoms with Gasteiger partial charge in [-0.25, -0.2) is 0 Å². The van der Waals surface area contributed by atoms with Crippen molar-refractivity contribution in [3.63, 3.8) is 0 Å². The smallest absolute Gasteiger partial charge is 0.279 e. The maximum absolute atomic E-state index is 10.7. The molecule has 0 rings (SSSR count). The Kier molecular flexibility index (Phi) is 3.81. The molecule has 0 heterocycles. The van der Waals surface area contributed by atoms with Crippen molar-refractivity contribution in [2.45, 2.75) is 5.51 Å². The molecule has 0 amide bonds. The van der Waals surface area contributed by atoms with Gasteiger partial charge in [-0.05, 0) is 0 Å². The zero-order chi connectivity index (χ0) is 7.00. The van der Waals surface area contributed by atoms with Crippen LogP contribution in [0.1, 0.15) is 0 Å². The summed E-state index contributed by atoms with van der Waals surface area (Å²) in [6.07, 6.45) is 0. The molecule has 0 aromatic carbocycles. The van der Waals surface area contributed by atoms with E-state index in [1.807, 2.05) is 0 Å². The molecule has 0 unspecified atom stereocenters. The van der Waals surface area contributed by atoms with Crippen LogP contribution < -0.4 is 0 Å². The van der Waals surface area contributed by atoms with E-state index in [-0.39, 0.29) is 17.1 Å². The van der Waals surface area contributed by atoms with Crippen LogP contribution in [0, 0.1) is 0 Å². The zero-order valence-corrected chi connectivity index (χ0v) is 5.37.